The molecule has 0 aliphatic heterocycles. The molecule has 0 N–H and O–H groups in total. The van der Waals surface area contributed by atoms with E-state index >= 15 is 0 Å². The summed E-state index contributed by atoms with van der Waals surface area (Å²) in [6, 6.07) is 11.1. The lowest BCUT2D eigenvalue weighted by atomic mass is 10.1. The summed E-state index contributed by atoms with van der Waals surface area (Å²) in [6.07, 6.45) is -0.738. The van der Waals surface area contributed by atoms with Crippen LogP contribution in [0, 0.1) is 0 Å². The van der Waals surface area contributed by atoms with Gasteiger partial charge in [0.05, 0.1) is 11.3 Å². The van der Waals surface area contributed by atoms with E-state index in [4.69, 9.17) is 0 Å². The van der Waals surface area contributed by atoms with E-state index in [9.17, 15) is 18.0 Å². The van der Waals surface area contributed by atoms with Crippen LogP contribution >= 0.6 is 0 Å². The van der Waals surface area contributed by atoms with Gasteiger partial charge in [-0.15, -0.1) is 0 Å². The highest BCUT2D eigenvalue weighted by Crippen LogP contribution is 2.32. The molecule has 0 radical (unpaired) electrons. The maximum atomic E-state index is 13.4. The summed E-state index contributed by atoms with van der Waals surface area (Å²) in [5, 5.41) is 0. The minimum atomic E-state index is -4.41. The van der Waals surface area contributed by atoms with Gasteiger partial charge >= 0.3 is 6.18 Å². The first kappa shape index (κ1) is 22.8. The molecule has 0 spiro atoms. The van der Waals surface area contributed by atoms with Crippen LogP contribution in [-0.2, 0) is 19.3 Å². The summed E-state index contributed by atoms with van der Waals surface area (Å²) in [6.45, 7) is 3.05. The van der Waals surface area contributed by atoms with Gasteiger partial charge in [0.25, 0.3) is 5.91 Å². The summed E-state index contributed by atoms with van der Waals surface area (Å²) in [5.74, 6) is -0.184. The number of rotatable bonds is 8. The average molecular weight is 432 g/mol. The van der Waals surface area contributed by atoms with E-state index in [1.54, 1.807) is 30.0 Å². The molecule has 0 saturated carbocycles. The Morgan fingerprint density at radius 1 is 1.06 bits per heavy atom. The van der Waals surface area contributed by atoms with Gasteiger partial charge in [-0.1, -0.05) is 37.6 Å². The largest absolute Gasteiger partial charge is 0.416 e. The highest BCUT2D eigenvalue weighted by atomic mass is 19.4. The Balaban J connectivity index is 1.90. The van der Waals surface area contributed by atoms with E-state index in [0.717, 1.165) is 18.9 Å². The van der Waals surface area contributed by atoms with E-state index in [0.29, 0.717) is 23.6 Å². The van der Waals surface area contributed by atoms with E-state index in [-0.39, 0.29) is 24.6 Å². The highest BCUT2D eigenvalue weighted by Gasteiger charge is 2.33. The molecular formula is C23H27F3N4O. The third kappa shape index (κ3) is 5.25. The molecule has 5 nitrogen and oxygen atoms in total. The topological polar surface area (TPSA) is 40.9 Å². The van der Waals surface area contributed by atoms with Crippen LogP contribution in [0.2, 0.25) is 0 Å². The SMILES string of the molecule is CCCCN(C)C(=O)c1nc2ccccn2c1CN(C)Cc1ccccc1C(F)(F)F. The molecule has 0 saturated heterocycles. The number of imidazole rings is 1. The van der Waals surface area contributed by atoms with Gasteiger partial charge in [-0.25, -0.2) is 4.98 Å². The first-order chi connectivity index (χ1) is 14.7. The zero-order valence-electron chi connectivity index (χ0n) is 18.0. The first-order valence-corrected chi connectivity index (χ1v) is 10.3. The maximum absolute atomic E-state index is 13.4. The molecule has 2 aromatic heterocycles. The highest BCUT2D eigenvalue weighted by molar-refractivity contribution is 5.94. The van der Waals surface area contributed by atoms with Gasteiger partial charge < -0.3 is 9.30 Å². The Bertz CT molecular complexity index is 1040. The van der Waals surface area contributed by atoms with Crippen molar-refractivity contribution in [1.29, 1.82) is 0 Å². The zero-order chi connectivity index (χ0) is 22.6. The van der Waals surface area contributed by atoms with E-state index in [1.807, 2.05) is 28.8 Å². The number of amides is 1. The van der Waals surface area contributed by atoms with Gasteiger partial charge in [0.2, 0.25) is 0 Å². The summed E-state index contributed by atoms with van der Waals surface area (Å²) in [5.41, 5.74) is 1.18. The fourth-order valence-electron chi connectivity index (χ4n) is 3.58. The molecule has 2 heterocycles. The van der Waals surface area contributed by atoms with Crippen molar-refractivity contribution in [3.8, 4) is 0 Å². The van der Waals surface area contributed by atoms with Gasteiger partial charge in [-0.05, 0) is 37.2 Å². The Hall–Kier alpha value is -2.87. The number of hydrogen-bond acceptors (Lipinski definition) is 3. The van der Waals surface area contributed by atoms with Crippen molar-refractivity contribution >= 4 is 11.6 Å². The molecule has 166 valence electrons. The molecule has 0 unspecified atom stereocenters. The second-order valence-electron chi connectivity index (χ2n) is 7.74. The molecule has 8 heteroatoms. The van der Waals surface area contributed by atoms with Gasteiger partial charge in [0.15, 0.2) is 5.69 Å². The number of alkyl halides is 3. The second-order valence-corrected chi connectivity index (χ2v) is 7.74. The Kier molecular flexibility index (Phi) is 7.00. The van der Waals surface area contributed by atoms with Crippen LogP contribution in [0.5, 0.6) is 0 Å². The number of hydrogen-bond donors (Lipinski definition) is 0. The Morgan fingerprint density at radius 2 is 1.77 bits per heavy atom. The van der Waals surface area contributed by atoms with E-state index < -0.39 is 11.7 Å². The van der Waals surface area contributed by atoms with Crippen molar-refractivity contribution in [2.45, 2.75) is 39.0 Å². The lowest BCUT2D eigenvalue weighted by molar-refractivity contribution is -0.138. The van der Waals surface area contributed by atoms with Crippen molar-refractivity contribution in [1.82, 2.24) is 19.2 Å². The smallest absolute Gasteiger partial charge is 0.340 e. The maximum Gasteiger partial charge on any atom is 0.416 e. The molecule has 31 heavy (non-hydrogen) atoms. The number of carbonyl (C=O) groups excluding carboxylic acids is 1. The fourth-order valence-corrected chi connectivity index (χ4v) is 3.58. The van der Waals surface area contributed by atoms with Gasteiger partial charge in [-0.3, -0.25) is 9.69 Å². The molecule has 1 amide bonds. The first-order valence-electron chi connectivity index (χ1n) is 10.3. The van der Waals surface area contributed by atoms with Crippen molar-refractivity contribution in [3.05, 3.63) is 71.2 Å². The second kappa shape index (κ2) is 9.51. The van der Waals surface area contributed by atoms with Gasteiger partial charge in [-0.2, -0.15) is 13.2 Å². The van der Waals surface area contributed by atoms with Crippen LogP contribution in [0.4, 0.5) is 13.2 Å². The minimum absolute atomic E-state index is 0.0923. The number of halogens is 3. The van der Waals surface area contributed by atoms with Crippen molar-refractivity contribution < 1.29 is 18.0 Å². The van der Waals surface area contributed by atoms with Crippen LogP contribution < -0.4 is 0 Å². The number of fused-ring (bicyclic) bond motifs is 1. The molecule has 0 bridgehead atoms. The minimum Gasteiger partial charge on any atom is -0.340 e. The summed E-state index contributed by atoms with van der Waals surface area (Å²) >= 11 is 0. The number of carbonyl (C=O) groups is 1. The molecule has 3 rings (SSSR count). The van der Waals surface area contributed by atoms with Gasteiger partial charge in [0.1, 0.15) is 5.65 Å². The normalized spacial score (nSPS) is 12.0. The number of benzene rings is 1. The summed E-state index contributed by atoms with van der Waals surface area (Å²) < 4.78 is 41.9. The quantitative estimate of drug-likeness (QED) is 0.511. The third-order valence-electron chi connectivity index (χ3n) is 5.21. The molecular weight excluding hydrogens is 405 g/mol. The molecule has 0 aliphatic rings. The Labute approximate surface area is 180 Å². The lowest BCUT2D eigenvalue weighted by Crippen LogP contribution is -2.30. The number of pyridine rings is 1. The third-order valence-corrected chi connectivity index (χ3v) is 5.21. The summed E-state index contributed by atoms with van der Waals surface area (Å²) in [4.78, 5) is 21.0. The van der Waals surface area contributed by atoms with Crippen molar-refractivity contribution in [2.75, 3.05) is 20.6 Å². The predicted octanol–water partition coefficient (Wildman–Crippen LogP) is 4.86. The molecule has 0 fully saturated rings. The molecule has 0 atom stereocenters. The molecule has 3 aromatic rings. The predicted molar refractivity (Wildman–Crippen MR) is 114 cm³/mol. The van der Waals surface area contributed by atoms with Crippen LogP contribution in [0.15, 0.2) is 48.7 Å². The number of aromatic nitrogens is 2. The molecule has 0 aliphatic carbocycles. The van der Waals surface area contributed by atoms with Crippen LogP contribution in [0.25, 0.3) is 5.65 Å². The number of nitrogens with zero attached hydrogens (tertiary/aromatic N) is 4. The van der Waals surface area contributed by atoms with Crippen molar-refractivity contribution in [2.24, 2.45) is 0 Å². The van der Waals surface area contributed by atoms with Crippen LogP contribution in [-0.4, -0.2) is 45.7 Å². The van der Waals surface area contributed by atoms with Crippen molar-refractivity contribution in [3.63, 3.8) is 0 Å². The van der Waals surface area contributed by atoms with E-state index in [1.165, 1.54) is 12.1 Å². The number of unbranched alkanes of at least 4 members (excludes halogenated alkanes) is 1. The van der Waals surface area contributed by atoms with Crippen LogP contribution in [0.3, 0.4) is 0 Å². The summed E-state index contributed by atoms with van der Waals surface area (Å²) in [7, 11) is 3.49. The zero-order valence-corrected chi connectivity index (χ0v) is 18.0. The monoisotopic (exact) mass is 432 g/mol. The average Bonchev–Trinajstić information content (AvgIpc) is 3.09. The standard InChI is InChI=1S/C23H27F3N4O/c1-4-5-13-29(3)22(31)21-19(30-14-9-8-12-20(30)27-21)16-28(2)15-17-10-6-7-11-18(17)23(24,25)26/h6-12,14H,4-5,13,15-16H2,1-3H3. The van der Waals surface area contributed by atoms with Gasteiger partial charge in [0, 0.05) is 32.9 Å². The Morgan fingerprint density at radius 3 is 2.48 bits per heavy atom. The van der Waals surface area contributed by atoms with E-state index in [2.05, 4.69) is 11.9 Å². The fraction of sp³-hybridized carbons (Fsp3) is 0.391. The van der Waals surface area contributed by atoms with Crippen LogP contribution in [0.1, 0.15) is 47.1 Å². The lowest BCUT2D eigenvalue weighted by Gasteiger charge is -2.21. The molecule has 1 aromatic carbocycles.